The minimum Gasteiger partial charge on any atom is -0.456 e. The molecule has 0 saturated heterocycles. The number of hydrogen-bond acceptors (Lipinski definition) is 2. The number of rotatable bonds is 2. The monoisotopic (exact) mass is 311 g/mol. The molecule has 0 N–H and O–H groups in total. The van der Waals surface area contributed by atoms with Crippen molar-refractivity contribution in [1.29, 1.82) is 0 Å². The molecule has 0 aliphatic carbocycles. The molecule has 0 aliphatic rings. The van der Waals surface area contributed by atoms with Crippen molar-refractivity contribution in [1.82, 2.24) is 4.98 Å². The molecule has 0 spiro atoms. The number of aromatic nitrogens is 1. The lowest BCUT2D eigenvalue weighted by Gasteiger charge is -2.13. The van der Waals surface area contributed by atoms with E-state index in [0.717, 1.165) is 32.1 Å². The second-order valence-corrected chi connectivity index (χ2v) is 5.07. The average Bonchev–Trinajstić information content (AvgIpc) is 2.25. The van der Waals surface area contributed by atoms with Gasteiger partial charge in [-0.3, -0.25) is 4.98 Å². The fourth-order valence-corrected chi connectivity index (χ4v) is 2.27. The molecule has 1 aromatic heterocycles. The number of pyridine rings is 1. The molecule has 0 unspecified atom stereocenters. The second-order valence-electron chi connectivity index (χ2n) is 3.78. The van der Waals surface area contributed by atoms with Crippen molar-refractivity contribution in [2.75, 3.05) is 0 Å². The minimum absolute atomic E-state index is 0.723. The lowest BCUT2D eigenvalue weighted by atomic mass is 10.1. The minimum atomic E-state index is 0.723. The fraction of sp³-hybridized carbons (Fsp3) is 0.154. The second kappa shape index (κ2) is 5.07. The Labute approximate surface area is 114 Å². The number of ether oxygens (including phenoxy) is 1. The standard InChI is InChI=1S/C13H11BrClNO/c1-8-5-10(15)6-9(2)13(8)17-12-3-4-16-7-11(12)14/h3-7H,1-2H3. The van der Waals surface area contributed by atoms with Gasteiger partial charge in [0.25, 0.3) is 0 Å². The van der Waals surface area contributed by atoms with Crippen LogP contribution >= 0.6 is 27.5 Å². The predicted octanol–water partition coefficient (Wildman–Crippen LogP) is 4.91. The van der Waals surface area contributed by atoms with Crippen molar-refractivity contribution < 1.29 is 4.74 Å². The number of halogens is 2. The van der Waals surface area contributed by atoms with Gasteiger partial charge in [-0.2, -0.15) is 0 Å². The molecule has 2 rings (SSSR count). The van der Waals surface area contributed by atoms with Crippen LogP contribution in [-0.2, 0) is 0 Å². The molecule has 0 atom stereocenters. The van der Waals surface area contributed by atoms with E-state index in [-0.39, 0.29) is 0 Å². The van der Waals surface area contributed by atoms with Gasteiger partial charge in [-0.1, -0.05) is 11.6 Å². The smallest absolute Gasteiger partial charge is 0.144 e. The summed E-state index contributed by atoms with van der Waals surface area (Å²) in [6.07, 6.45) is 3.40. The van der Waals surface area contributed by atoms with Gasteiger partial charge in [0, 0.05) is 23.5 Å². The summed E-state index contributed by atoms with van der Waals surface area (Å²) in [5.41, 5.74) is 2.03. The van der Waals surface area contributed by atoms with Crippen LogP contribution in [0.1, 0.15) is 11.1 Å². The Kier molecular flexibility index (Phi) is 3.69. The first-order valence-electron chi connectivity index (χ1n) is 5.12. The summed E-state index contributed by atoms with van der Waals surface area (Å²) >= 11 is 9.39. The van der Waals surface area contributed by atoms with E-state index in [2.05, 4.69) is 20.9 Å². The number of benzene rings is 1. The first-order chi connectivity index (χ1) is 8.08. The largest absolute Gasteiger partial charge is 0.456 e. The van der Waals surface area contributed by atoms with Crippen LogP contribution in [0.4, 0.5) is 0 Å². The molecule has 4 heteroatoms. The zero-order valence-corrected chi connectivity index (χ0v) is 11.8. The van der Waals surface area contributed by atoms with Crippen LogP contribution in [0.2, 0.25) is 5.02 Å². The van der Waals surface area contributed by atoms with Crippen LogP contribution in [0, 0.1) is 13.8 Å². The molecule has 88 valence electrons. The van der Waals surface area contributed by atoms with Crippen LogP contribution < -0.4 is 4.74 Å². The SMILES string of the molecule is Cc1cc(Cl)cc(C)c1Oc1ccncc1Br. The lowest BCUT2D eigenvalue weighted by molar-refractivity contribution is 0.471. The summed E-state index contributed by atoms with van der Waals surface area (Å²) in [7, 11) is 0. The molecular formula is C13H11BrClNO. The van der Waals surface area contributed by atoms with E-state index in [1.807, 2.05) is 32.0 Å². The molecule has 2 aromatic rings. The summed E-state index contributed by atoms with van der Waals surface area (Å²) in [6, 6.07) is 5.59. The van der Waals surface area contributed by atoms with E-state index in [1.54, 1.807) is 12.4 Å². The summed E-state index contributed by atoms with van der Waals surface area (Å²) < 4.78 is 6.71. The summed E-state index contributed by atoms with van der Waals surface area (Å²) in [6.45, 7) is 3.95. The maximum absolute atomic E-state index is 5.98. The molecule has 0 fully saturated rings. The fourth-order valence-electron chi connectivity index (χ4n) is 1.61. The third-order valence-corrected chi connectivity index (χ3v) is 3.19. The molecule has 1 aromatic carbocycles. The van der Waals surface area contributed by atoms with Crippen LogP contribution in [0.15, 0.2) is 35.1 Å². The molecule has 0 aliphatic heterocycles. The number of hydrogen-bond donors (Lipinski definition) is 0. The Bertz CT molecular complexity index is 534. The van der Waals surface area contributed by atoms with Crippen molar-refractivity contribution >= 4 is 27.5 Å². The van der Waals surface area contributed by atoms with E-state index in [4.69, 9.17) is 16.3 Å². The zero-order valence-electron chi connectivity index (χ0n) is 9.50. The summed E-state index contributed by atoms with van der Waals surface area (Å²) in [5.74, 6) is 1.58. The van der Waals surface area contributed by atoms with Gasteiger partial charge in [0.1, 0.15) is 11.5 Å². The van der Waals surface area contributed by atoms with Gasteiger partial charge >= 0.3 is 0 Å². The highest BCUT2D eigenvalue weighted by molar-refractivity contribution is 9.10. The third kappa shape index (κ3) is 2.79. The van der Waals surface area contributed by atoms with Crippen molar-refractivity contribution in [3.05, 3.63) is 51.2 Å². The Morgan fingerprint density at radius 1 is 1.24 bits per heavy atom. The molecule has 17 heavy (non-hydrogen) atoms. The molecule has 0 bridgehead atoms. The normalized spacial score (nSPS) is 10.4. The van der Waals surface area contributed by atoms with Gasteiger partial charge < -0.3 is 4.74 Å². The van der Waals surface area contributed by atoms with Gasteiger partial charge in [0.15, 0.2) is 0 Å². The van der Waals surface area contributed by atoms with Crippen molar-refractivity contribution in [2.24, 2.45) is 0 Å². The maximum atomic E-state index is 5.98. The Hall–Kier alpha value is -1.06. The van der Waals surface area contributed by atoms with Crippen molar-refractivity contribution in [2.45, 2.75) is 13.8 Å². The zero-order chi connectivity index (χ0) is 12.4. The topological polar surface area (TPSA) is 22.1 Å². The maximum Gasteiger partial charge on any atom is 0.144 e. The van der Waals surface area contributed by atoms with Gasteiger partial charge in [-0.25, -0.2) is 0 Å². The lowest BCUT2D eigenvalue weighted by Crippen LogP contribution is -1.92. The Morgan fingerprint density at radius 3 is 2.47 bits per heavy atom. The summed E-state index contributed by atoms with van der Waals surface area (Å²) in [4.78, 5) is 4.00. The van der Waals surface area contributed by atoms with Gasteiger partial charge in [0.05, 0.1) is 4.47 Å². The van der Waals surface area contributed by atoms with Crippen molar-refractivity contribution in [3.63, 3.8) is 0 Å². The van der Waals surface area contributed by atoms with Crippen LogP contribution in [0.25, 0.3) is 0 Å². The van der Waals surface area contributed by atoms with Crippen LogP contribution in [0.5, 0.6) is 11.5 Å². The molecule has 0 radical (unpaired) electrons. The quantitative estimate of drug-likeness (QED) is 0.786. The predicted molar refractivity (Wildman–Crippen MR) is 72.9 cm³/mol. The van der Waals surface area contributed by atoms with E-state index >= 15 is 0 Å². The van der Waals surface area contributed by atoms with Gasteiger partial charge in [0.2, 0.25) is 0 Å². The van der Waals surface area contributed by atoms with E-state index in [1.165, 1.54) is 0 Å². The highest BCUT2D eigenvalue weighted by atomic mass is 79.9. The van der Waals surface area contributed by atoms with E-state index in [0.29, 0.717) is 0 Å². The first kappa shape index (κ1) is 12.4. The van der Waals surface area contributed by atoms with Crippen LogP contribution in [0.3, 0.4) is 0 Å². The first-order valence-corrected chi connectivity index (χ1v) is 6.29. The highest BCUT2D eigenvalue weighted by Crippen LogP contribution is 2.34. The van der Waals surface area contributed by atoms with E-state index < -0.39 is 0 Å². The van der Waals surface area contributed by atoms with E-state index in [9.17, 15) is 0 Å². The van der Waals surface area contributed by atoms with Gasteiger partial charge in [-0.15, -0.1) is 0 Å². The molecule has 0 saturated carbocycles. The highest BCUT2D eigenvalue weighted by Gasteiger charge is 2.09. The molecular weight excluding hydrogens is 302 g/mol. The van der Waals surface area contributed by atoms with Crippen LogP contribution in [-0.4, -0.2) is 4.98 Å². The van der Waals surface area contributed by atoms with Gasteiger partial charge in [-0.05, 0) is 53.0 Å². The Balaban J connectivity index is 2.40. The molecule has 1 heterocycles. The summed E-state index contributed by atoms with van der Waals surface area (Å²) in [5, 5.41) is 0.723. The number of nitrogens with zero attached hydrogens (tertiary/aromatic N) is 1. The number of aryl methyl sites for hydroxylation is 2. The average molecular weight is 313 g/mol. The third-order valence-electron chi connectivity index (χ3n) is 2.37. The Morgan fingerprint density at radius 2 is 1.88 bits per heavy atom. The van der Waals surface area contributed by atoms with Crippen molar-refractivity contribution in [3.8, 4) is 11.5 Å². The molecule has 0 amide bonds. The molecule has 2 nitrogen and oxygen atoms in total.